The highest BCUT2D eigenvalue weighted by Gasteiger charge is 2.41. The summed E-state index contributed by atoms with van der Waals surface area (Å²) < 4.78 is 7.44. The molecule has 17 heteroatoms. The molecule has 0 bridgehead atoms. The molecule has 2 unspecified atom stereocenters. The number of aromatic carboxylic acids is 1. The van der Waals surface area contributed by atoms with E-state index < -0.39 is 17.8 Å². The van der Waals surface area contributed by atoms with Crippen molar-refractivity contribution in [1.82, 2.24) is 20.2 Å². The first-order valence-corrected chi connectivity index (χ1v) is 25.9. The number of carbonyl (C=O) groups excluding carboxylic acids is 4. The fourth-order valence-electron chi connectivity index (χ4n) is 11.3. The number of likely N-dealkylation sites (tertiary alicyclic amines) is 1. The molecule has 2 aromatic heterocycles. The van der Waals surface area contributed by atoms with E-state index in [-0.39, 0.29) is 47.5 Å². The molecule has 10 rings (SSSR count). The molecule has 1 aliphatic carbocycles. The van der Waals surface area contributed by atoms with Crippen molar-refractivity contribution >= 4 is 79.2 Å². The Balaban J connectivity index is 0.712. The number of nitrogens with one attached hydrogen (secondary N) is 5. The molecule has 2 saturated heterocycles. The normalized spacial score (nSPS) is 18.5. The molecular formula is C56H59N9O7S. The van der Waals surface area contributed by atoms with Gasteiger partial charge in [-0.15, -0.1) is 0 Å². The second-order valence-corrected chi connectivity index (χ2v) is 20.9. The number of aromatic nitrogens is 2. The SMILES string of the molecule is CNc1cc(NC(=O)CN2CCC3(CCC(CCOc4cccc(-c5ccc(N6CCc7cccc(C(=O)Nc8nc9ccccc9s8)c7C6)nc5C(=O)O)c4C)C3)CC2)ccc1C(=N)C1CCC(=O)NC1=O. The second kappa shape index (κ2) is 20.9. The number of nitrogens with zero attached hydrogens (tertiary/aromatic N) is 4. The van der Waals surface area contributed by atoms with Crippen LogP contribution < -0.4 is 30.9 Å². The maximum atomic E-state index is 13.7. The summed E-state index contributed by atoms with van der Waals surface area (Å²) in [6.07, 6.45) is 7.57. The summed E-state index contributed by atoms with van der Waals surface area (Å²) in [4.78, 5) is 77.4. The third kappa shape index (κ3) is 10.6. The Bertz CT molecular complexity index is 3130. The van der Waals surface area contributed by atoms with Crippen molar-refractivity contribution in [1.29, 1.82) is 5.41 Å². The minimum absolute atomic E-state index is 0.0469. The average molecular weight is 1000 g/mol. The number of hydrogen-bond acceptors (Lipinski definition) is 13. The van der Waals surface area contributed by atoms with E-state index >= 15 is 0 Å². The van der Waals surface area contributed by atoms with Crippen LogP contribution in [-0.4, -0.2) is 95.1 Å². The first kappa shape index (κ1) is 49.1. The van der Waals surface area contributed by atoms with E-state index in [1.54, 1.807) is 25.2 Å². The zero-order valence-electron chi connectivity index (χ0n) is 41.0. The number of benzene rings is 4. The molecule has 5 heterocycles. The Kier molecular flexibility index (Phi) is 14.1. The van der Waals surface area contributed by atoms with Gasteiger partial charge in [0, 0.05) is 54.6 Å². The fraction of sp³-hybridized carbons (Fsp3) is 0.357. The molecule has 1 spiro atoms. The van der Waals surface area contributed by atoms with Crippen molar-refractivity contribution in [2.24, 2.45) is 17.3 Å². The third-order valence-corrected chi connectivity index (χ3v) is 16.3. The van der Waals surface area contributed by atoms with Crippen LogP contribution in [0.2, 0.25) is 0 Å². The summed E-state index contributed by atoms with van der Waals surface area (Å²) in [5.41, 5.74) is 7.56. The van der Waals surface area contributed by atoms with E-state index in [1.165, 1.54) is 11.3 Å². The van der Waals surface area contributed by atoms with Gasteiger partial charge >= 0.3 is 5.97 Å². The van der Waals surface area contributed by atoms with Crippen molar-refractivity contribution in [2.75, 3.05) is 60.7 Å². The standard InChI is InChI=1S/C56H59N9O7S/c1-33-37(38-15-17-47(61-51(38)54(70)71)65-25-20-35-7-5-9-39(42(35)31-65)52(68)63-55-60-43-10-3-4-12-46(43)73-55)8-6-11-45(33)72-28-21-34-19-22-56(30-34)23-26-64(27-24-56)32-49(67)59-36-13-14-40(44(29-36)58-2)50(57)41-16-18-48(66)62-53(41)69/h3-15,17,29,34,41,57-58H,16,18-28,30-32H2,1-2H3,(H,59,67)(H,70,71)(H,60,63,68)(H,62,66,69). The number of pyridine rings is 1. The molecule has 3 fully saturated rings. The maximum Gasteiger partial charge on any atom is 0.355 e. The summed E-state index contributed by atoms with van der Waals surface area (Å²) in [6, 6.07) is 28.2. The summed E-state index contributed by atoms with van der Waals surface area (Å²) in [5, 5.41) is 31.2. The zero-order chi connectivity index (χ0) is 50.8. The van der Waals surface area contributed by atoms with Crippen LogP contribution in [0.5, 0.6) is 5.75 Å². The molecule has 4 aromatic carbocycles. The van der Waals surface area contributed by atoms with Gasteiger partial charge in [-0.2, -0.15) is 0 Å². The number of anilines is 4. The van der Waals surface area contributed by atoms with E-state index in [9.17, 15) is 29.1 Å². The van der Waals surface area contributed by atoms with Crippen LogP contribution >= 0.6 is 11.3 Å². The van der Waals surface area contributed by atoms with Gasteiger partial charge in [-0.1, -0.05) is 47.7 Å². The van der Waals surface area contributed by atoms with Crippen molar-refractivity contribution in [3.8, 4) is 16.9 Å². The number of rotatable bonds is 15. The molecule has 2 atom stereocenters. The molecule has 4 amide bonds. The number of carboxylic acids is 1. The zero-order valence-corrected chi connectivity index (χ0v) is 41.8. The van der Waals surface area contributed by atoms with Crippen LogP contribution in [0.15, 0.2) is 91.0 Å². The highest BCUT2D eigenvalue weighted by atomic mass is 32.1. The minimum Gasteiger partial charge on any atom is -0.493 e. The fourth-order valence-corrected chi connectivity index (χ4v) is 12.2. The molecule has 6 N–H and O–H groups in total. The lowest BCUT2D eigenvalue weighted by Crippen LogP contribution is -2.44. The quantitative estimate of drug-likeness (QED) is 0.0420. The van der Waals surface area contributed by atoms with E-state index in [0.29, 0.717) is 83.2 Å². The maximum absolute atomic E-state index is 13.7. The number of hydrogen-bond donors (Lipinski definition) is 6. The number of para-hydroxylation sites is 1. The van der Waals surface area contributed by atoms with E-state index in [4.69, 9.17) is 15.1 Å². The number of carboxylic acid groups (broad SMARTS) is 1. The number of imide groups is 1. The smallest absolute Gasteiger partial charge is 0.355 e. The first-order chi connectivity index (χ1) is 35.3. The van der Waals surface area contributed by atoms with Gasteiger partial charge in [0.1, 0.15) is 11.6 Å². The number of ether oxygens (including phenoxy) is 1. The Hall–Kier alpha value is -7.50. The molecular weight excluding hydrogens is 943 g/mol. The van der Waals surface area contributed by atoms with Crippen LogP contribution in [-0.2, 0) is 27.3 Å². The Morgan fingerprint density at radius 2 is 1.71 bits per heavy atom. The minimum atomic E-state index is -1.13. The second-order valence-electron chi connectivity index (χ2n) is 19.9. The molecule has 16 nitrogen and oxygen atoms in total. The lowest BCUT2D eigenvalue weighted by molar-refractivity contribution is -0.134. The lowest BCUT2D eigenvalue weighted by Gasteiger charge is -2.39. The van der Waals surface area contributed by atoms with Crippen molar-refractivity contribution in [2.45, 2.75) is 71.3 Å². The lowest BCUT2D eigenvalue weighted by atomic mass is 9.76. The van der Waals surface area contributed by atoms with Crippen LogP contribution in [0.1, 0.15) is 94.5 Å². The largest absolute Gasteiger partial charge is 0.493 e. The molecule has 4 aliphatic rings. The van der Waals surface area contributed by atoms with Gasteiger partial charge in [0.05, 0.1) is 35.0 Å². The van der Waals surface area contributed by atoms with Gasteiger partial charge < -0.3 is 30.8 Å². The van der Waals surface area contributed by atoms with Crippen LogP contribution in [0.4, 0.5) is 22.3 Å². The van der Waals surface area contributed by atoms with Crippen molar-refractivity contribution < 1.29 is 33.8 Å². The summed E-state index contributed by atoms with van der Waals surface area (Å²) in [6.45, 7) is 5.50. The number of carbonyl (C=O) groups is 5. The molecule has 1 saturated carbocycles. The number of thiazole rings is 1. The Morgan fingerprint density at radius 1 is 0.890 bits per heavy atom. The predicted octanol–water partition coefficient (Wildman–Crippen LogP) is 8.93. The van der Waals surface area contributed by atoms with Gasteiger partial charge in [0.25, 0.3) is 5.91 Å². The van der Waals surface area contributed by atoms with Gasteiger partial charge in [0.15, 0.2) is 10.8 Å². The van der Waals surface area contributed by atoms with Gasteiger partial charge in [-0.25, -0.2) is 14.8 Å². The number of amides is 4. The highest BCUT2D eigenvalue weighted by molar-refractivity contribution is 7.22. The monoisotopic (exact) mass is 1000 g/mol. The van der Waals surface area contributed by atoms with Gasteiger partial charge in [0.2, 0.25) is 17.7 Å². The first-order valence-electron chi connectivity index (χ1n) is 25.1. The van der Waals surface area contributed by atoms with E-state index in [1.807, 2.05) is 84.6 Å². The molecule has 6 aromatic rings. The van der Waals surface area contributed by atoms with Crippen LogP contribution in [0, 0.1) is 29.6 Å². The van der Waals surface area contributed by atoms with Crippen LogP contribution in [0.25, 0.3) is 21.3 Å². The Labute approximate surface area is 427 Å². The molecule has 376 valence electrons. The Morgan fingerprint density at radius 3 is 2.51 bits per heavy atom. The number of fused-ring (bicyclic) bond motifs is 2. The summed E-state index contributed by atoms with van der Waals surface area (Å²) in [5.74, 6) is -1.19. The van der Waals surface area contributed by atoms with E-state index in [2.05, 4.69) is 31.2 Å². The molecule has 73 heavy (non-hydrogen) atoms. The van der Waals surface area contributed by atoms with Gasteiger partial charge in [-0.3, -0.25) is 34.7 Å². The predicted molar refractivity (Wildman–Crippen MR) is 283 cm³/mol. The van der Waals surface area contributed by atoms with Crippen LogP contribution in [0.3, 0.4) is 0 Å². The third-order valence-electron chi connectivity index (χ3n) is 15.3. The summed E-state index contributed by atoms with van der Waals surface area (Å²) in [7, 11) is 1.73. The highest BCUT2D eigenvalue weighted by Crippen LogP contribution is 2.50. The van der Waals surface area contributed by atoms with Gasteiger partial charge in [-0.05, 0) is 160 Å². The number of piperidine rings is 2. The molecule has 0 radical (unpaired) electrons. The summed E-state index contributed by atoms with van der Waals surface area (Å²) >= 11 is 1.43. The topological polar surface area (TPSA) is 219 Å². The average Bonchev–Trinajstić information content (AvgIpc) is 3.99. The van der Waals surface area contributed by atoms with Crippen molar-refractivity contribution in [3.05, 3.63) is 125 Å². The molecule has 3 aliphatic heterocycles. The van der Waals surface area contributed by atoms with Crippen molar-refractivity contribution in [3.63, 3.8) is 0 Å². The van der Waals surface area contributed by atoms with E-state index in [0.717, 1.165) is 84.1 Å².